The Balaban J connectivity index is 1.72. The molecule has 0 aromatic heterocycles. The zero-order chi connectivity index (χ0) is 19.1. The zero-order valence-corrected chi connectivity index (χ0v) is 15.1. The lowest BCUT2D eigenvalue weighted by molar-refractivity contribution is -0.120. The van der Waals surface area contributed by atoms with Crippen molar-refractivity contribution in [2.45, 2.75) is 13.3 Å². The predicted molar refractivity (Wildman–Crippen MR) is 108 cm³/mol. The first kappa shape index (κ1) is 18.2. The summed E-state index contributed by atoms with van der Waals surface area (Å²) >= 11 is 0. The summed E-state index contributed by atoms with van der Waals surface area (Å²) in [7, 11) is 0. The molecule has 0 heterocycles. The van der Waals surface area contributed by atoms with Crippen LogP contribution in [0.15, 0.2) is 84.9 Å². The number of benzene rings is 3. The number of carbonyl (C=O) groups is 2. The Morgan fingerprint density at radius 1 is 0.778 bits per heavy atom. The highest BCUT2D eigenvalue weighted by Gasteiger charge is 2.13. The molecule has 0 radical (unpaired) electrons. The van der Waals surface area contributed by atoms with Crippen molar-refractivity contribution in [3.8, 4) is 0 Å². The molecule has 3 aromatic carbocycles. The molecule has 27 heavy (non-hydrogen) atoms. The summed E-state index contributed by atoms with van der Waals surface area (Å²) in [6.45, 7) is 1.46. The van der Waals surface area contributed by atoms with Gasteiger partial charge in [0.1, 0.15) is 0 Å². The van der Waals surface area contributed by atoms with Crippen molar-refractivity contribution < 1.29 is 9.59 Å². The van der Waals surface area contributed by atoms with Crippen LogP contribution in [0.3, 0.4) is 0 Å². The van der Waals surface area contributed by atoms with Crippen LogP contribution in [-0.2, 0) is 16.0 Å². The molecule has 0 saturated carbocycles. The fourth-order valence-corrected chi connectivity index (χ4v) is 2.69. The van der Waals surface area contributed by atoms with Crippen LogP contribution in [-0.4, -0.2) is 11.8 Å². The van der Waals surface area contributed by atoms with Crippen molar-refractivity contribution in [2.24, 2.45) is 0 Å². The van der Waals surface area contributed by atoms with Crippen LogP contribution in [0.1, 0.15) is 12.5 Å². The Morgan fingerprint density at radius 3 is 1.78 bits per heavy atom. The number of amides is 2. The lowest BCUT2D eigenvalue weighted by Crippen LogP contribution is -2.39. The van der Waals surface area contributed by atoms with Gasteiger partial charge in [0.15, 0.2) is 0 Å². The smallest absolute Gasteiger partial charge is 0.243 e. The lowest BCUT2D eigenvalue weighted by Gasteiger charge is -2.25. The topological polar surface area (TPSA) is 61.4 Å². The molecule has 2 amide bonds. The minimum Gasteiger partial charge on any atom is -0.326 e. The molecule has 0 spiro atoms. The van der Waals surface area contributed by atoms with Crippen LogP contribution in [0, 0.1) is 0 Å². The van der Waals surface area contributed by atoms with Gasteiger partial charge in [-0.15, -0.1) is 0 Å². The molecular weight excluding hydrogens is 338 g/mol. The summed E-state index contributed by atoms with van der Waals surface area (Å²) in [6.07, 6.45) is 0.233. The SMILES string of the molecule is CC(=O)Nc1ccc(CC(=O)NN(c2ccccc2)c2ccccc2)cc1. The van der Waals surface area contributed by atoms with Gasteiger partial charge in [0.25, 0.3) is 0 Å². The zero-order valence-electron chi connectivity index (χ0n) is 15.1. The molecule has 0 atom stereocenters. The first-order chi connectivity index (χ1) is 13.1. The number of para-hydroxylation sites is 2. The summed E-state index contributed by atoms with van der Waals surface area (Å²) in [4.78, 5) is 23.7. The second-order valence-electron chi connectivity index (χ2n) is 6.10. The van der Waals surface area contributed by atoms with Crippen molar-refractivity contribution >= 4 is 28.9 Å². The highest BCUT2D eigenvalue weighted by molar-refractivity contribution is 5.88. The Labute approximate surface area is 158 Å². The maximum absolute atomic E-state index is 12.6. The minimum atomic E-state index is -0.130. The molecule has 3 aromatic rings. The van der Waals surface area contributed by atoms with E-state index in [4.69, 9.17) is 0 Å². The first-order valence-electron chi connectivity index (χ1n) is 8.68. The second-order valence-corrected chi connectivity index (χ2v) is 6.10. The summed E-state index contributed by atoms with van der Waals surface area (Å²) in [5.74, 6) is -0.253. The third-order valence-electron chi connectivity index (χ3n) is 3.90. The van der Waals surface area contributed by atoms with Crippen molar-refractivity contribution in [2.75, 3.05) is 10.3 Å². The normalized spacial score (nSPS) is 10.1. The minimum absolute atomic E-state index is 0.123. The van der Waals surface area contributed by atoms with Gasteiger partial charge < -0.3 is 5.32 Å². The largest absolute Gasteiger partial charge is 0.326 e. The average molecular weight is 359 g/mol. The molecule has 0 aliphatic rings. The van der Waals surface area contributed by atoms with Crippen molar-refractivity contribution in [1.29, 1.82) is 0 Å². The summed E-state index contributed by atoms with van der Waals surface area (Å²) in [5.41, 5.74) is 6.29. The number of nitrogens with zero attached hydrogens (tertiary/aromatic N) is 1. The summed E-state index contributed by atoms with van der Waals surface area (Å²) in [6, 6.07) is 26.6. The van der Waals surface area contributed by atoms with E-state index in [1.165, 1.54) is 6.92 Å². The van der Waals surface area contributed by atoms with E-state index in [2.05, 4.69) is 10.7 Å². The van der Waals surface area contributed by atoms with Crippen LogP contribution in [0.25, 0.3) is 0 Å². The van der Waals surface area contributed by atoms with E-state index in [0.29, 0.717) is 5.69 Å². The Kier molecular flexibility index (Phi) is 5.84. The molecule has 0 saturated heterocycles. The van der Waals surface area contributed by atoms with E-state index in [9.17, 15) is 9.59 Å². The lowest BCUT2D eigenvalue weighted by atomic mass is 10.1. The Morgan fingerprint density at radius 2 is 1.30 bits per heavy atom. The highest BCUT2D eigenvalue weighted by atomic mass is 16.2. The molecule has 2 N–H and O–H groups in total. The fourth-order valence-electron chi connectivity index (χ4n) is 2.69. The number of anilines is 3. The van der Waals surface area contributed by atoms with Gasteiger partial charge in [-0.2, -0.15) is 0 Å². The maximum atomic E-state index is 12.6. The van der Waals surface area contributed by atoms with Gasteiger partial charge >= 0.3 is 0 Å². The van der Waals surface area contributed by atoms with Gasteiger partial charge in [-0.1, -0.05) is 48.5 Å². The average Bonchev–Trinajstić information content (AvgIpc) is 2.69. The number of hydrogen-bond acceptors (Lipinski definition) is 3. The number of rotatable bonds is 6. The molecule has 0 aliphatic heterocycles. The van der Waals surface area contributed by atoms with Gasteiger partial charge in [0.05, 0.1) is 17.8 Å². The third kappa shape index (κ3) is 5.19. The van der Waals surface area contributed by atoms with Crippen LogP contribution in [0.2, 0.25) is 0 Å². The van der Waals surface area contributed by atoms with Gasteiger partial charge in [0.2, 0.25) is 11.8 Å². The molecule has 0 unspecified atom stereocenters. The molecule has 0 bridgehead atoms. The van der Waals surface area contributed by atoms with E-state index in [0.717, 1.165) is 16.9 Å². The third-order valence-corrected chi connectivity index (χ3v) is 3.90. The van der Waals surface area contributed by atoms with Crippen LogP contribution in [0.4, 0.5) is 17.1 Å². The van der Waals surface area contributed by atoms with Crippen LogP contribution < -0.4 is 15.8 Å². The van der Waals surface area contributed by atoms with E-state index in [1.54, 1.807) is 17.1 Å². The van der Waals surface area contributed by atoms with Crippen molar-refractivity contribution in [3.05, 3.63) is 90.5 Å². The van der Waals surface area contributed by atoms with E-state index >= 15 is 0 Å². The maximum Gasteiger partial charge on any atom is 0.243 e. The molecule has 5 heteroatoms. The Bertz CT molecular complexity index is 854. The number of nitrogens with one attached hydrogen (secondary N) is 2. The summed E-state index contributed by atoms with van der Waals surface area (Å²) in [5, 5.41) is 4.48. The molecule has 136 valence electrons. The van der Waals surface area contributed by atoms with Crippen molar-refractivity contribution in [3.63, 3.8) is 0 Å². The van der Waals surface area contributed by atoms with Crippen LogP contribution in [0.5, 0.6) is 0 Å². The fraction of sp³-hybridized carbons (Fsp3) is 0.0909. The van der Waals surface area contributed by atoms with Gasteiger partial charge in [-0.05, 0) is 42.0 Å². The van der Waals surface area contributed by atoms with Crippen molar-refractivity contribution in [1.82, 2.24) is 5.43 Å². The monoisotopic (exact) mass is 359 g/mol. The molecule has 0 fully saturated rings. The summed E-state index contributed by atoms with van der Waals surface area (Å²) < 4.78 is 0. The predicted octanol–water partition coefficient (Wildman–Crippen LogP) is 4.06. The van der Waals surface area contributed by atoms with Crippen LogP contribution >= 0.6 is 0 Å². The van der Waals surface area contributed by atoms with Gasteiger partial charge in [-0.25, -0.2) is 0 Å². The standard InChI is InChI=1S/C22H21N3O2/c1-17(26)23-19-14-12-18(13-15-19)16-22(27)24-25(20-8-4-2-5-9-20)21-10-6-3-7-11-21/h2-15H,16H2,1H3,(H,23,26)(H,24,27). The molecule has 5 nitrogen and oxygen atoms in total. The van der Waals surface area contributed by atoms with E-state index in [1.807, 2.05) is 72.8 Å². The van der Waals surface area contributed by atoms with Gasteiger partial charge in [0, 0.05) is 12.6 Å². The number of hydrazine groups is 1. The Hall–Kier alpha value is -3.60. The van der Waals surface area contributed by atoms with E-state index < -0.39 is 0 Å². The number of hydrogen-bond donors (Lipinski definition) is 2. The van der Waals surface area contributed by atoms with E-state index in [-0.39, 0.29) is 18.2 Å². The number of carbonyl (C=O) groups excluding carboxylic acids is 2. The first-order valence-corrected chi connectivity index (χ1v) is 8.68. The highest BCUT2D eigenvalue weighted by Crippen LogP contribution is 2.22. The molecule has 0 aliphatic carbocycles. The quantitative estimate of drug-likeness (QED) is 0.653. The molecular formula is C22H21N3O2. The second kappa shape index (κ2) is 8.67. The van der Waals surface area contributed by atoms with Gasteiger partial charge in [-0.3, -0.25) is 20.0 Å². The molecule has 3 rings (SSSR count).